The van der Waals surface area contributed by atoms with Gasteiger partial charge in [0.1, 0.15) is 11.4 Å². The molecule has 3 rings (SSSR count). The zero-order chi connectivity index (χ0) is 14.1. The predicted molar refractivity (Wildman–Crippen MR) is 78.2 cm³/mol. The molecule has 0 bridgehead atoms. The van der Waals surface area contributed by atoms with Crippen LogP contribution in [0.2, 0.25) is 0 Å². The molecule has 1 aliphatic heterocycles. The van der Waals surface area contributed by atoms with E-state index in [0.29, 0.717) is 12.1 Å². The largest absolute Gasteiger partial charge is 0.292 e. The summed E-state index contributed by atoms with van der Waals surface area (Å²) in [5.41, 5.74) is 3.91. The molecule has 2 aromatic heterocycles. The molecule has 3 heterocycles. The zero-order valence-corrected chi connectivity index (χ0v) is 12.3. The third-order valence-corrected chi connectivity index (χ3v) is 3.95. The van der Waals surface area contributed by atoms with Crippen LogP contribution in [-0.2, 0) is 0 Å². The summed E-state index contributed by atoms with van der Waals surface area (Å²) in [5.74, 6) is 0. The number of hydrogen-bond donors (Lipinski definition) is 1. The summed E-state index contributed by atoms with van der Waals surface area (Å²) in [4.78, 5) is 11.7. The van der Waals surface area contributed by atoms with Crippen molar-refractivity contribution in [1.29, 1.82) is 0 Å². The van der Waals surface area contributed by atoms with Gasteiger partial charge >= 0.3 is 0 Å². The van der Waals surface area contributed by atoms with Crippen molar-refractivity contribution < 1.29 is 0 Å². The van der Waals surface area contributed by atoms with Crippen LogP contribution in [0.3, 0.4) is 0 Å². The van der Waals surface area contributed by atoms with Crippen molar-refractivity contribution in [1.82, 2.24) is 25.1 Å². The highest BCUT2D eigenvalue weighted by molar-refractivity contribution is 5.57. The summed E-state index contributed by atoms with van der Waals surface area (Å²) < 4.78 is 0. The Morgan fingerprint density at radius 3 is 2.80 bits per heavy atom. The number of H-pyrrole nitrogens is 1. The van der Waals surface area contributed by atoms with Crippen molar-refractivity contribution >= 4 is 0 Å². The van der Waals surface area contributed by atoms with E-state index in [1.165, 1.54) is 6.42 Å². The smallest absolute Gasteiger partial charge is 0.114 e. The van der Waals surface area contributed by atoms with Crippen LogP contribution in [0, 0.1) is 6.92 Å². The third-order valence-electron chi connectivity index (χ3n) is 3.95. The van der Waals surface area contributed by atoms with Crippen LogP contribution in [0.5, 0.6) is 0 Å². The van der Waals surface area contributed by atoms with Crippen molar-refractivity contribution in [2.45, 2.75) is 45.7 Å². The molecule has 5 heteroatoms. The van der Waals surface area contributed by atoms with Gasteiger partial charge in [-0.3, -0.25) is 20.0 Å². The molecular weight excluding hydrogens is 250 g/mol. The van der Waals surface area contributed by atoms with E-state index in [9.17, 15) is 0 Å². The second-order valence-corrected chi connectivity index (χ2v) is 5.72. The van der Waals surface area contributed by atoms with Gasteiger partial charge in [0.25, 0.3) is 0 Å². The Labute approximate surface area is 119 Å². The average Bonchev–Trinajstić information content (AvgIpc) is 3.07. The third kappa shape index (κ3) is 2.33. The van der Waals surface area contributed by atoms with Crippen molar-refractivity contribution in [3.05, 3.63) is 29.8 Å². The molecule has 1 aliphatic rings. The molecule has 1 unspecified atom stereocenters. The van der Waals surface area contributed by atoms with Crippen molar-refractivity contribution in [2.75, 3.05) is 6.54 Å². The van der Waals surface area contributed by atoms with Gasteiger partial charge in [0.05, 0.1) is 11.7 Å². The monoisotopic (exact) mass is 271 g/mol. The zero-order valence-electron chi connectivity index (χ0n) is 12.3. The molecule has 0 aliphatic carbocycles. The Kier molecular flexibility index (Phi) is 3.53. The normalized spacial score (nSPS) is 19.9. The Morgan fingerprint density at radius 1 is 1.30 bits per heavy atom. The fraction of sp³-hybridized carbons (Fsp3) is 0.533. The van der Waals surface area contributed by atoms with Crippen molar-refractivity contribution in [3.8, 4) is 11.4 Å². The molecular formula is C15H21N5. The lowest BCUT2D eigenvalue weighted by Gasteiger charge is -2.28. The van der Waals surface area contributed by atoms with Crippen LogP contribution in [0.4, 0.5) is 0 Å². The maximum Gasteiger partial charge on any atom is 0.114 e. The number of aryl methyl sites for hydroxylation is 1. The first-order valence-corrected chi connectivity index (χ1v) is 7.26. The summed E-state index contributed by atoms with van der Waals surface area (Å²) in [6.07, 6.45) is 5.90. The molecule has 2 aromatic rings. The van der Waals surface area contributed by atoms with E-state index in [1.54, 1.807) is 12.4 Å². The highest BCUT2D eigenvalue weighted by Crippen LogP contribution is 2.36. The molecule has 20 heavy (non-hydrogen) atoms. The van der Waals surface area contributed by atoms with Crippen LogP contribution in [-0.4, -0.2) is 37.7 Å². The first-order valence-electron chi connectivity index (χ1n) is 7.26. The van der Waals surface area contributed by atoms with Crippen LogP contribution < -0.4 is 0 Å². The number of aromatic nitrogens is 4. The Hall–Kier alpha value is -1.75. The van der Waals surface area contributed by atoms with E-state index in [-0.39, 0.29) is 0 Å². The van der Waals surface area contributed by atoms with E-state index in [0.717, 1.165) is 35.7 Å². The van der Waals surface area contributed by atoms with E-state index in [4.69, 9.17) is 0 Å². The minimum absolute atomic E-state index is 0.357. The van der Waals surface area contributed by atoms with Gasteiger partial charge in [-0.15, -0.1) is 0 Å². The average molecular weight is 271 g/mol. The Bertz CT molecular complexity index is 589. The van der Waals surface area contributed by atoms with Crippen molar-refractivity contribution in [2.24, 2.45) is 0 Å². The molecule has 1 fully saturated rings. The van der Waals surface area contributed by atoms with Crippen LogP contribution >= 0.6 is 0 Å². The van der Waals surface area contributed by atoms with Crippen molar-refractivity contribution in [3.63, 3.8) is 0 Å². The lowest BCUT2D eigenvalue weighted by atomic mass is 10.1. The van der Waals surface area contributed by atoms with Gasteiger partial charge in [0.15, 0.2) is 0 Å². The summed E-state index contributed by atoms with van der Waals surface area (Å²) >= 11 is 0. The van der Waals surface area contributed by atoms with E-state index < -0.39 is 0 Å². The highest BCUT2D eigenvalue weighted by Gasteiger charge is 2.31. The fourth-order valence-electron chi connectivity index (χ4n) is 3.03. The van der Waals surface area contributed by atoms with Gasteiger partial charge < -0.3 is 0 Å². The Morgan fingerprint density at radius 2 is 2.10 bits per heavy atom. The summed E-state index contributed by atoms with van der Waals surface area (Å²) in [6.45, 7) is 7.63. The molecule has 106 valence electrons. The molecule has 5 nitrogen and oxygen atoms in total. The molecule has 0 saturated carbocycles. The van der Waals surface area contributed by atoms with Gasteiger partial charge in [-0.2, -0.15) is 5.10 Å². The topological polar surface area (TPSA) is 57.7 Å². The molecule has 1 saturated heterocycles. The van der Waals surface area contributed by atoms with Gasteiger partial charge in [0.2, 0.25) is 0 Å². The lowest BCUT2D eigenvalue weighted by molar-refractivity contribution is 0.202. The molecule has 1 N–H and O–H groups in total. The number of likely N-dealkylation sites (tertiary alicyclic amines) is 1. The van der Waals surface area contributed by atoms with Crippen LogP contribution in [0.25, 0.3) is 11.4 Å². The molecule has 0 aromatic carbocycles. The minimum Gasteiger partial charge on any atom is -0.292 e. The number of nitrogens with one attached hydrogen (secondary N) is 1. The highest BCUT2D eigenvalue weighted by atomic mass is 15.2. The molecule has 0 radical (unpaired) electrons. The van der Waals surface area contributed by atoms with Gasteiger partial charge in [-0.1, -0.05) is 0 Å². The number of hydrogen-bond acceptors (Lipinski definition) is 4. The number of nitrogens with zero attached hydrogens (tertiary/aromatic N) is 4. The minimum atomic E-state index is 0.357. The van der Waals surface area contributed by atoms with Gasteiger partial charge in [0, 0.05) is 24.1 Å². The SMILES string of the molecule is Cc1cc(-c2nccnc2C2CCCN2C(C)C)n[nH]1. The fourth-order valence-corrected chi connectivity index (χ4v) is 3.03. The predicted octanol–water partition coefficient (Wildman–Crippen LogP) is 2.72. The number of aromatic amines is 1. The standard InChI is InChI=1S/C15H21N5/c1-10(2)20-8-4-5-13(20)15-14(16-6-7-17-15)12-9-11(3)18-19-12/h6-7,9-10,13H,4-5,8H2,1-3H3,(H,18,19). The first kappa shape index (κ1) is 13.2. The first-order chi connectivity index (χ1) is 9.66. The quantitative estimate of drug-likeness (QED) is 0.932. The second kappa shape index (κ2) is 5.32. The molecule has 0 amide bonds. The Balaban J connectivity index is 2.02. The lowest BCUT2D eigenvalue weighted by Crippen LogP contribution is -2.31. The summed E-state index contributed by atoms with van der Waals surface area (Å²) in [5, 5.41) is 7.33. The molecule has 0 spiro atoms. The van der Waals surface area contributed by atoms with Crippen LogP contribution in [0.1, 0.15) is 44.1 Å². The van der Waals surface area contributed by atoms with Gasteiger partial charge in [-0.25, -0.2) is 0 Å². The molecule has 1 atom stereocenters. The van der Waals surface area contributed by atoms with E-state index in [1.807, 2.05) is 13.0 Å². The van der Waals surface area contributed by atoms with Crippen LogP contribution in [0.15, 0.2) is 18.5 Å². The maximum atomic E-state index is 4.62. The van der Waals surface area contributed by atoms with E-state index in [2.05, 4.69) is 38.9 Å². The maximum absolute atomic E-state index is 4.62. The number of rotatable bonds is 3. The van der Waals surface area contributed by atoms with E-state index >= 15 is 0 Å². The van der Waals surface area contributed by atoms with Gasteiger partial charge in [-0.05, 0) is 46.2 Å². The second-order valence-electron chi connectivity index (χ2n) is 5.72. The summed E-state index contributed by atoms with van der Waals surface area (Å²) in [7, 11) is 0. The summed E-state index contributed by atoms with van der Waals surface area (Å²) in [6, 6.07) is 2.91.